The van der Waals surface area contributed by atoms with Gasteiger partial charge in [-0.15, -0.1) is 6.42 Å². The number of hydrogen-bond acceptors (Lipinski definition) is 3. The Hall–Kier alpha value is -0.570. The van der Waals surface area contributed by atoms with E-state index in [2.05, 4.69) is 5.92 Å². The molecule has 0 saturated heterocycles. The van der Waals surface area contributed by atoms with Gasteiger partial charge in [0.05, 0.1) is 6.26 Å². The van der Waals surface area contributed by atoms with Crippen LogP contribution in [-0.4, -0.2) is 30.4 Å². The molecule has 0 rings (SSSR count). The summed E-state index contributed by atoms with van der Waals surface area (Å²) in [6, 6.07) is 0. The summed E-state index contributed by atoms with van der Waals surface area (Å²) >= 11 is 0. The van der Waals surface area contributed by atoms with Crippen molar-refractivity contribution in [1.29, 1.82) is 0 Å². The molecule has 0 spiro atoms. The van der Waals surface area contributed by atoms with Gasteiger partial charge in [-0.25, -0.2) is 0 Å². The van der Waals surface area contributed by atoms with E-state index in [1.54, 1.807) is 0 Å². The fourth-order valence-electron chi connectivity index (χ4n) is 0.192. The lowest BCUT2D eigenvalue weighted by Crippen LogP contribution is -2.10. The second-order valence-electron chi connectivity index (χ2n) is 2.59. The summed E-state index contributed by atoms with van der Waals surface area (Å²) in [5.74, 6) is 2.41. The maximum atomic E-state index is 9.19. The summed E-state index contributed by atoms with van der Waals surface area (Å²) in [4.78, 5) is 0. The lowest BCUT2D eigenvalue weighted by atomic mass is 10.1. The van der Waals surface area contributed by atoms with Crippen molar-refractivity contribution >= 4 is 10.1 Å². The number of hydrogen-bond donors (Lipinski definition) is 2. The van der Waals surface area contributed by atoms with Crippen LogP contribution in [0.5, 0.6) is 0 Å². The number of terminal acetylenes is 1. The first-order valence-electron chi connectivity index (χ1n) is 3.25. The van der Waals surface area contributed by atoms with Crippen LogP contribution in [0.3, 0.4) is 0 Å². The smallest absolute Gasteiger partial charge is 0.261 e. The first-order chi connectivity index (χ1) is 5.18. The Morgan fingerprint density at radius 2 is 1.67 bits per heavy atom. The first kappa shape index (κ1) is 14.0. The molecule has 0 amide bonds. The molecule has 0 aliphatic heterocycles. The lowest BCUT2D eigenvalue weighted by Gasteiger charge is -2.03. The second-order valence-corrected chi connectivity index (χ2v) is 4.05. The van der Waals surface area contributed by atoms with E-state index in [4.69, 9.17) is 16.1 Å². The Morgan fingerprint density at radius 3 is 1.67 bits per heavy atom. The Morgan fingerprint density at radius 1 is 1.42 bits per heavy atom. The fraction of sp³-hybridized carbons (Fsp3) is 0.714. The van der Waals surface area contributed by atoms with E-state index in [1.165, 1.54) is 0 Å². The Balaban J connectivity index is 0. The van der Waals surface area contributed by atoms with Crippen molar-refractivity contribution in [3.8, 4) is 12.3 Å². The zero-order valence-electron chi connectivity index (χ0n) is 7.35. The van der Waals surface area contributed by atoms with Crippen LogP contribution in [0.2, 0.25) is 0 Å². The molecule has 0 aliphatic carbocycles. The summed E-state index contributed by atoms with van der Waals surface area (Å²) in [7, 11) is -3.67. The Bertz CT molecular complexity index is 227. The minimum absolute atomic E-state index is 0.185. The van der Waals surface area contributed by atoms with E-state index < -0.39 is 16.2 Å². The third-order valence-electron chi connectivity index (χ3n) is 0.802. The summed E-state index contributed by atoms with van der Waals surface area (Å²) in [5.41, 5.74) is 0. The summed E-state index contributed by atoms with van der Waals surface area (Å²) in [5, 5.41) is 8.70. The molecular formula is C7H14O4S. The van der Waals surface area contributed by atoms with Crippen molar-refractivity contribution in [3.63, 3.8) is 0 Å². The number of aliphatic hydroxyl groups excluding tert-OH is 1. The standard InChI is InChI=1S/C6H10O.CH4O3S/c1-4-6(7)5(2)3;1-5(2,3)4/h1,5-7H,2-3H3;1H3,(H,2,3,4)/t6-;/m0./s1. The zero-order chi connectivity index (χ0) is 10.4. The van der Waals surface area contributed by atoms with Crippen LogP contribution < -0.4 is 0 Å². The second kappa shape index (κ2) is 6.00. The maximum Gasteiger partial charge on any atom is 0.261 e. The van der Waals surface area contributed by atoms with Gasteiger partial charge in [0.15, 0.2) is 0 Å². The molecule has 0 saturated carbocycles. The van der Waals surface area contributed by atoms with Crippen LogP contribution >= 0.6 is 0 Å². The predicted octanol–water partition coefficient (Wildman–Crippen LogP) is 0.141. The van der Waals surface area contributed by atoms with Gasteiger partial charge in [0.2, 0.25) is 0 Å². The van der Waals surface area contributed by atoms with Gasteiger partial charge in [0, 0.05) is 0 Å². The summed E-state index contributed by atoms with van der Waals surface area (Å²) < 4.78 is 25.9. The normalized spacial score (nSPS) is 12.8. The van der Waals surface area contributed by atoms with Gasteiger partial charge in [-0.2, -0.15) is 8.42 Å². The summed E-state index contributed by atoms with van der Waals surface area (Å²) in [6.07, 6.45) is 5.02. The molecule has 1 atom stereocenters. The molecule has 0 aromatic carbocycles. The Kier molecular flexibility index (Phi) is 6.99. The van der Waals surface area contributed by atoms with Crippen LogP contribution in [0.1, 0.15) is 13.8 Å². The number of rotatable bonds is 1. The third kappa shape index (κ3) is 22.7. The van der Waals surface area contributed by atoms with Gasteiger partial charge in [-0.3, -0.25) is 4.55 Å². The zero-order valence-corrected chi connectivity index (χ0v) is 8.17. The molecule has 0 fully saturated rings. The highest BCUT2D eigenvalue weighted by Gasteiger charge is 2.01. The van der Waals surface area contributed by atoms with Gasteiger partial charge in [-0.1, -0.05) is 19.8 Å². The molecule has 0 bridgehead atoms. The third-order valence-corrected chi connectivity index (χ3v) is 0.802. The molecule has 0 aromatic rings. The molecule has 72 valence electrons. The highest BCUT2D eigenvalue weighted by atomic mass is 32.2. The average molecular weight is 194 g/mol. The lowest BCUT2D eigenvalue weighted by molar-refractivity contribution is 0.181. The van der Waals surface area contributed by atoms with E-state index in [-0.39, 0.29) is 5.92 Å². The molecule has 0 heterocycles. The monoisotopic (exact) mass is 194 g/mol. The van der Waals surface area contributed by atoms with E-state index in [1.807, 2.05) is 13.8 Å². The molecule has 2 N–H and O–H groups in total. The minimum Gasteiger partial charge on any atom is -0.380 e. The molecule has 0 aliphatic rings. The van der Waals surface area contributed by atoms with Crippen LogP contribution in [0.15, 0.2) is 0 Å². The van der Waals surface area contributed by atoms with Gasteiger partial charge < -0.3 is 5.11 Å². The largest absolute Gasteiger partial charge is 0.380 e. The van der Waals surface area contributed by atoms with Crippen molar-refractivity contribution in [2.45, 2.75) is 20.0 Å². The maximum absolute atomic E-state index is 9.19. The van der Waals surface area contributed by atoms with E-state index in [9.17, 15) is 8.42 Å². The van der Waals surface area contributed by atoms with Crippen LogP contribution in [-0.2, 0) is 10.1 Å². The van der Waals surface area contributed by atoms with Gasteiger partial charge in [-0.05, 0) is 5.92 Å². The number of aliphatic hydroxyl groups is 1. The average Bonchev–Trinajstić information content (AvgIpc) is 1.82. The van der Waals surface area contributed by atoms with Crippen molar-refractivity contribution in [2.75, 3.05) is 6.26 Å². The summed E-state index contributed by atoms with van der Waals surface area (Å²) in [6.45, 7) is 3.76. The van der Waals surface area contributed by atoms with Gasteiger partial charge >= 0.3 is 0 Å². The molecule has 0 radical (unpaired) electrons. The minimum atomic E-state index is -3.67. The van der Waals surface area contributed by atoms with E-state index >= 15 is 0 Å². The van der Waals surface area contributed by atoms with Crippen molar-refractivity contribution in [1.82, 2.24) is 0 Å². The molecule has 0 aromatic heterocycles. The fourth-order valence-corrected chi connectivity index (χ4v) is 0.192. The highest BCUT2D eigenvalue weighted by molar-refractivity contribution is 7.85. The Labute approximate surface area is 73.4 Å². The SMILES string of the molecule is C#C[C@H](O)C(C)C.CS(=O)(=O)O. The molecule has 4 nitrogen and oxygen atoms in total. The van der Waals surface area contributed by atoms with E-state index in [0.29, 0.717) is 6.26 Å². The molecular weight excluding hydrogens is 180 g/mol. The highest BCUT2D eigenvalue weighted by Crippen LogP contribution is 1.96. The van der Waals surface area contributed by atoms with Crippen molar-refractivity contribution < 1.29 is 18.1 Å². The van der Waals surface area contributed by atoms with E-state index in [0.717, 1.165) is 0 Å². The van der Waals surface area contributed by atoms with Crippen LogP contribution in [0.4, 0.5) is 0 Å². The molecule has 12 heavy (non-hydrogen) atoms. The topological polar surface area (TPSA) is 74.6 Å². The first-order valence-corrected chi connectivity index (χ1v) is 5.10. The predicted molar refractivity (Wildman–Crippen MR) is 47.2 cm³/mol. The van der Waals surface area contributed by atoms with Gasteiger partial charge in [0.25, 0.3) is 10.1 Å². The van der Waals surface area contributed by atoms with Crippen LogP contribution in [0, 0.1) is 18.3 Å². The van der Waals surface area contributed by atoms with Gasteiger partial charge in [0.1, 0.15) is 6.10 Å². The van der Waals surface area contributed by atoms with Crippen molar-refractivity contribution in [3.05, 3.63) is 0 Å². The molecule has 0 unspecified atom stereocenters. The molecule has 5 heteroatoms. The van der Waals surface area contributed by atoms with Crippen LogP contribution in [0.25, 0.3) is 0 Å². The van der Waals surface area contributed by atoms with Crippen molar-refractivity contribution in [2.24, 2.45) is 5.92 Å². The quantitative estimate of drug-likeness (QED) is 0.460.